The summed E-state index contributed by atoms with van der Waals surface area (Å²) in [5, 5.41) is 5.72. The minimum Gasteiger partial charge on any atom is -0.337 e. The smallest absolute Gasteiger partial charge is 0.319 e. The Morgan fingerprint density at radius 1 is 1.29 bits per heavy atom. The summed E-state index contributed by atoms with van der Waals surface area (Å²) in [6, 6.07) is 9.31. The number of rotatable bonds is 5. The monoisotopic (exact) mass is 233 g/mol. The number of para-hydroxylation sites is 1. The first-order valence-corrected chi connectivity index (χ1v) is 6.04. The van der Waals surface area contributed by atoms with Gasteiger partial charge in [-0.3, -0.25) is 0 Å². The number of hydrogen-bond donors (Lipinski definition) is 3. The maximum Gasteiger partial charge on any atom is 0.319 e. The van der Waals surface area contributed by atoms with Crippen molar-refractivity contribution in [3.8, 4) is 0 Å². The van der Waals surface area contributed by atoms with Crippen molar-refractivity contribution in [2.24, 2.45) is 11.1 Å². The summed E-state index contributed by atoms with van der Waals surface area (Å²) in [7, 11) is 0. The highest BCUT2D eigenvalue weighted by molar-refractivity contribution is 5.89. The standard InChI is InChI=1S/C13H19N3O/c14-9-8-13(6-7-13)10-15-12(17)16-11-4-2-1-3-5-11/h1-5H,6-10,14H2,(H2,15,16,17). The zero-order chi connectivity index (χ0) is 12.1. The van der Waals surface area contributed by atoms with Gasteiger partial charge in [0.05, 0.1) is 0 Å². The summed E-state index contributed by atoms with van der Waals surface area (Å²) in [6.45, 7) is 1.42. The Morgan fingerprint density at radius 2 is 2.00 bits per heavy atom. The molecule has 1 saturated carbocycles. The van der Waals surface area contributed by atoms with E-state index in [1.54, 1.807) is 0 Å². The normalized spacial score (nSPS) is 16.3. The van der Waals surface area contributed by atoms with Crippen LogP contribution >= 0.6 is 0 Å². The van der Waals surface area contributed by atoms with Crippen LogP contribution in [0.2, 0.25) is 0 Å². The van der Waals surface area contributed by atoms with Gasteiger partial charge in [-0.25, -0.2) is 4.79 Å². The van der Waals surface area contributed by atoms with E-state index in [-0.39, 0.29) is 11.4 Å². The van der Waals surface area contributed by atoms with Gasteiger partial charge in [0.25, 0.3) is 0 Å². The van der Waals surface area contributed by atoms with Gasteiger partial charge in [-0.05, 0) is 43.4 Å². The Morgan fingerprint density at radius 3 is 2.59 bits per heavy atom. The fourth-order valence-electron chi connectivity index (χ4n) is 1.96. The minimum absolute atomic E-state index is 0.139. The number of carbonyl (C=O) groups excluding carboxylic acids is 1. The maximum absolute atomic E-state index is 11.6. The van der Waals surface area contributed by atoms with Crippen molar-refractivity contribution in [2.45, 2.75) is 19.3 Å². The van der Waals surface area contributed by atoms with Gasteiger partial charge in [-0.2, -0.15) is 0 Å². The molecule has 2 amide bonds. The molecule has 4 nitrogen and oxygen atoms in total. The third-order valence-electron chi connectivity index (χ3n) is 3.29. The molecule has 4 heteroatoms. The molecule has 17 heavy (non-hydrogen) atoms. The zero-order valence-corrected chi connectivity index (χ0v) is 9.91. The van der Waals surface area contributed by atoms with Crippen molar-refractivity contribution in [3.05, 3.63) is 30.3 Å². The number of benzene rings is 1. The molecule has 0 saturated heterocycles. The highest BCUT2D eigenvalue weighted by atomic mass is 16.2. The molecule has 2 rings (SSSR count). The predicted molar refractivity (Wildman–Crippen MR) is 68.8 cm³/mol. The highest BCUT2D eigenvalue weighted by Crippen LogP contribution is 2.47. The maximum atomic E-state index is 11.6. The van der Waals surface area contributed by atoms with Crippen molar-refractivity contribution >= 4 is 11.7 Å². The first kappa shape index (κ1) is 11.9. The summed E-state index contributed by atoms with van der Waals surface area (Å²) in [4.78, 5) is 11.6. The summed E-state index contributed by atoms with van der Waals surface area (Å²) in [6.07, 6.45) is 3.35. The Hall–Kier alpha value is -1.55. The van der Waals surface area contributed by atoms with E-state index in [9.17, 15) is 4.79 Å². The lowest BCUT2D eigenvalue weighted by atomic mass is 10.0. The van der Waals surface area contributed by atoms with E-state index in [0.29, 0.717) is 6.54 Å². The van der Waals surface area contributed by atoms with Crippen LogP contribution in [-0.2, 0) is 0 Å². The first-order valence-electron chi connectivity index (χ1n) is 6.04. The van der Waals surface area contributed by atoms with E-state index in [1.165, 1.54) is 12.8 Å². The molecular weight excluding hydrogens is 214 g/mol. The molecule has 0 aliphatic heterocycles. The Labute approximate surface area is 102 Å². The minimum atomic E-state index is -0.139. The average Bonchev–Trinajstić information content (AvgIpc) is 3.09. The number of urea groups is 1. The second-order valence-electron chi connectivity index (χ2n) is 4.71. The average molecular weight is 233 g/mol. The second-order valence-corrected chi connectivity index (χ2v) is 4.71. The molecule has 0 radical (unpaired) electrons. The van der Waals surface area contributed by atoms with Crippen molar-refractivity contribution in [2.75, 3.05) is 18.4 Å². The van der Waals surface area contributed by atoms with E-state index in [2.05, 4.69) is 10.6 Å². The molecule has 1 aromatic rings. The molecule has 0 aromatic heterocycles. The molecule has 1 aromatic carbocycles. The number of anilines is 1. The van der Waals surface area contributed by atoms with E-state index >= 15 is 0 Å². The van der Waals surface area contributed by atoms with E-state index < -0.39 is 0 Å². The number of hydrogen-bond acceptors (Lipinski definition) is 2. The summed E-state index contributed by atoms with van der Waals surface area (Å²) in [5.41, 5.74) is 6.65. The van der Waals surface area contributed by atoms with Crippen molar-refractivity contribution in [1.82, 2.24) is 5.32 Å². The van der Waals surface area contributed by atoms with Gasteiger partial charge in [0, 0.05) is 12.2 Å². The molecule has 0 atom stereocenters. The van der Waals surface area contributed by atoms with Crippen LogP contribution in [-0.4, -0.2) is 19.1 Å². The van der Waals surface area contributed by atoms with Crippen LogP contribution in [0, 0.1) is 5.41 Å². The van der Waals surface area contributed by atoms with E-state index in [0.717, 1.165) is 18.7 Å². The van der Waals surface area contributed by atoms with Crippen LogP contribution in [0.25, 0.3) is 0 Å². The number of nitrogens with two attached hydrogens (primary N) is 1. The fourth-order valence-corrected chi connectivity index (χ4v) is 1.96. The van der Waals surface area contributed by atoms with Gasteiger partial charge in [0.1, 0.15) is 0 Å². The van der Waals surface area contributed by atoms with Crippen LogP contribution < -0.4 is 16.4 Å². The molecule has 0 spiro atoms. The van der Waals surface area contributed by atoms with E-state index in [1.807, 2.05) is 30.3 Å². The van der Waals surface area contributed by atoms with Gasteiger partial charge in [-0.15, -0.1) is 0 Å². The molecule has 0 bridgehead atoms. The summed E-state index contributed by atoms with van der Waals surface area (Å²) < 4.78 is 0. The predicted octanol–water partition coefficient (Wildman–Crippen LogP) is 1.94. The summed E-state index contributed by atoms with van der Waals surface area (Å²) >= 11 is 0. The number of amides is 2. The molecule has 1 aliphatic carbocycles. The molecule has 0 heterocycles. The number of carbonyl (C=O) groups is 1. The largest absolute Gasteiger partial charge is 0.337 e. The molecule has 1 fully saturated rings. The van der Waals surface area contributed by atoms with E-state index in [4.69, 9.17) is 5.73 Å². The molecule has 92 valence electrons. The zero-order valence-electron chi connectivity index (χ0n) is 9.91. The second kappa shape index (κ2) is 5.19. The number of nitrogens with one attached hydrogen (secondary N) is 2. The van der Waals surface area contributed by atoms with Gasteiger partial charge in [0.2, 0.25) is 0 Å². The Kier molecular flexibility index (Phi) is 3.64. The molecular formula is C13H19N3O. The van der Waals surface area contributed by atoms with Gasteiger partial charge >= 0.3 is 6.03 Å². The summed E-state index contributed by atoms with van der Waals surface area (Å²) in [5.74, 6) is 0. The van der Waals surface area contributed by atoms with Gasteiger partial charge in [-0.1, -0.05) is 18.2 Å². The van der Waals surface area contributed by atoms with Gasteiger partial charge < -0.3 is 16.4 Å². The topological polar surface area (TPSA) is 67.1 Å². The fraction of sp³-hybridized carbons (Fsp3) is 0.462. The molecule has 0 unspecified atom stereocenters. The SMILES string of the molecule is NCCC1(CNC(=O)Nc2ccccc2)CC1. The van der Waals surface area contributed by atoms with Crippen LogP contribution in [0.5, 0.6) is 0 Å². The van der Waals surface area contributed by atoms with Crippen LogP contribution in [0.4, 0.5) is 10.5 Å². The van der Waals surface area contributed by atoms with Crippen molar-refractivity contribution < 1.29 is 4.79 Å². The van der Waals surface area contributed by atoms with Crippen LogP contribution in [0.15, 0.2) is 30.3 Å². The lowest BCUT2D eigenvalue weighted by Gasteiger charge is -2.15. The van der Waals surface area contributed by atoms with Crippen molar-refractivity contribution in [3.63, 3.8) is 0 Å². The highest BCUT2D eigenvalue weighted by Gasteiger charge is 2.41. The van der Waals surface area contributed by atoms with Crippen LogP contribution in [0.1, 0.15) is 19.3 Å². The molecule has 4 N–H and O–H groups in total. The van der Waals surface area contributed by atoms with Crippen LogP contribution in [0.3, 0.4) is 0 Å². The third-order valence-corrected chi connectivity index (χ3v) is 3.29. The lowest BCUT2D eigenvalue weighted by molar-refractivity contribution is 0.249. The third kappa shape index (κ3) is 3.46. The van der Waals surface area contributed by atoms with Gasteiger partial charge in [0.15, 0.2) is 0 Å². The quantitative estimate of drug-likeness (QED) is 0.727. The Bertz CT molecular complexity index is 374. The molecule has 1 aliphatic rings. The first-order chi connectivity index (χ1) is 8.24. The lowest BCUT2D eigenvalue weighted by Crippen LogP contribution is -2.34. The van der Waals surface area contributed by atoms with Crippen molar-refractivity contribution in [1.29, 1.82) is 0 Å². The Balaban J connectivity index is 1.75.